The molecule has 0 bridgehead atoms. The summed E-state index contributed by atoms with van der Waals surface area (Å²) < 4.78 is 7.62. The van der Waals surface area contributed by atoms with Gasteiger partial charge in [-0.1, -0.05) is 17.7 Å². The summed E-state index contributed by atoms with van der Waals surface area (Å²) in [5, 5.41) is 9.86. The van der Waals surface area contributed by atoms with E-state index in [-0.39, 0.29) is 6.61 Å². The number of hydrogen-bond donors (Lipinski definition) is 1. The minimum absolute atomic E-state index is 0.0876. The van der Waals surface area contributed by atoms with Crippen LogP contribution in [0.5, 0.6) is 11.5 Å². The normalized spacial score (nSPS) is 10.9. The fourth-order valence-electron chi connectivity index (χ4n) is 2.09. The van der Waals surface area contributed by atoms with Crippen molar-refractivity contribution in [3.8, 4) is 11.5 Å². The molecule has 20 heavy (non-hydrogen) atoms. The minimum atomic E-state index is -0.0876. The Morgan fingerprint density at radius 2 is 2.00 bits per heavy atom. The van der Waals surface area contributed by atoms with Crippen molar-refractivity contribution in [2.45, 2.75) is 6.61 Å². The Labute approximate surface area is 121 Å². The number of halogens is 1. The topological polar surface area (TPSA) is 47.3 Å². The lowest BCUT2D eigenvalue weighted by Gasteiger charge is -2.06. The van der Waals surface area contributed by atoms with Gasteiger partial charge in [-0.25, -0.2) is 4.98 Å². The lowest BCUT2D eigenvalue weighted by molar-refractivity contribution is 0.268. The molecule has 0 amide bonds. The van der Waals surface area contributed by atoms with Crippen LogP contribution in [0.15, 0.2) is 42.5 Å². The van der Waals surface area contributed by atoms with E-state index in [1.165, 1.54) is 0 Å². The summed E-state index contributed by atoms with van der Waals surface area (Å²) in [5.41, 5.74) is 1.74. The van der Waals surface area contributed by atoms with Crippen LogP contribution < -0.4 is 4.74 Å². The van der Waals surface area contributed by atoms with E-state index in [0.29, 0.717) is 22.3 Å². The predicted molar refractivity (Wildman–Crippen MR) is 78.2 cm³/mol. The van der Waals surface area contributed by atoms with E-state index in [0.717, 1.165) is 11.0 Å². The maximum atomic E-state index is 9.23. The predicted octanol–water partition coefficient (Wildman–Crippen LogP) is 3.51. The van der Waals surface area contributed by atoms with Crippen LogP contribution in [0.25, 0.3) is 11.0 Å². The third-order valence-corrected chi connectivity index (χ3v) is 3.35. The maximum Gasteiger partial charge on any atom is 0.135 e. The van der Waals surface area contributed by atoms with Gasteiger partial charge in [-0.3, -0.25) is 0 Å². The van der Waals surface area contributed by atoms with Crippen molar-refractivity contribution in [3.63, 3.8) is 0 Å². The number of aryl methyl sites for hydroxylation is 1. The van der Waals surface area contributed by atoms with Gasteiger partial charge < -0.3 is 14.4 Å². The highest BCUT2D eigenvalue weighted by Gasteiger charge is 2.08. The van der Waals surface area contributed by atoms with Crippen molar-refractivity contribution in [1.82, 2.24) is 9.55 Å². The van der Waals surface area contributed by atoms with Gasteiger partial charge in [-0.05, 0) is 30.3 Å². The number of nitrogens with zero attached hydrogens (tertiary/aromatic N) is 2. The summed E-state index contributed by atoms with van der Waals surface area (Å²) in [6, 6.07) is 12.8. The first-order chi connectivity index (χ1) is 9.67. The van der Waals surface area contributed by atoms with E-state index in [1.807, 2.05) is 41.9 Å². The van der Waals surface area contributed by atoms with Gasteiger partial charge in [-0.15, -0.1) is 0 Å². The van der Waals surface area contributed by atoms with Gasteiger partial charge in [0.1, 0.15) is 23.9 Å². The van der Waals surface area contributed by atoms with Crippen molar-refractivity contribution < 1.29 is 9.84 Å². The van der Waals surface area contributed by atoms with Crippen LogP contribution in [0.3, 0.4) is 0 Å². The Morgan fingerprint density at radius 1 is 1.20 bits per heavy atom. The first kappa shape index (κ1) is 13.0. The summed E-state index contributed by atoms with van der Waals surface area (Å²) in [5.74, 6) is 2.01. The van der Waals surface area contributed by atoms with Crippen molar-refractivity contribution in [1.29, 1.82) is 0 Å². The molecule has 1 N–H and O–H groups in total. The van der Waals surface area contributed by atoms with Gasteiger partial charge >= 0.3 is 0 Å². The number of aromatic nitrogens is 2. The molecule has 0 aliphatic carbocycles. The van der Waals surface area contributed by atoms with Crippen LogP contribution in [0, 0.1) is 0 Å². The smallest absolute Gasteiger partial charge is 0.135 e. The second-order valence-electron chi connectivity index (χ2n) is 4.46. The third kappa shape index (κ3) is 2.35. The molecule has 0 aliphatic heterocycles. The number of aliphatic hydroxyl groups excluding tert-OH is 1. The molecule has 0 saturated carbocycles. The summed E-state index contributed by atoms with van der Waals surface area (Å²) in [7, 11) is 1.87. The van der Waals surface area contributed by atoms with Crippen LogP contribution in [0.4, 0.5) is 0 Å². The van der Waals surface area contributed by atoms with Crippen molar-refractivity contribution in [2.24, 2.45) is 7.05 Å². The number of benzene rings is 2. The molecule has 1 heterocycles. The zero-order chi connectivity index (χ0) is 14.1. The lowest BCUT2D eigenvalue weighted by Crippen LogP contribution is -1.96. The van der Waals surface area contributed by atoms with E-state index in [2.05, 4.69) is 4.98 Å². The second-order valence-corrected chi connectivity index (χ2v) is 4.89. The first-order valence-electron chi connectivity index (χ1n) is 6.17. The average Bonchev–Trinajstić information content (AvgIpc) is 2.75. The van der Waals surface area contributed by atoms with Crippen molar-refractivity contribution in [3.05, 3.63) is 53.3 Å². The molecule has 3 aromatic rings. The van der Waals surface area contributed by atoms with Gasteiger partial charge in [0.25, 0.3) is 0 Å². The SMILES string of the molecule is Cn1c(CO)nc2ccc(Oc3cccc(Cl)c3)cc21. The fourth-order valence-corrected chi connectivity index (χ4v) is 2.27. The van der Waals surface area contributed by atoms with Crippen LogP contribution in [0.1, 0.15) is 5.82 Å². The number of imidazole rings is 1. The molecule has 0 atom stereocenters. The van der Waals surface area contributed by atoms with Crippen LogP contribution >= 0.6 is 11.6 Å². The molecule has 1 aromatic heterocycles. The molecule has 5 heteroatoms. The number of hydrogen-bond acceptors (Lipinski definition) is 3. The number of aliphatic hydroxyl groups is 1. The maximum absolute atomic E-state index is 9.23. The van der Waals surface area contributed by atoms with Crippen molar-refractivity contribution >= 4 is 22.6 Å². The Morgan fingerprint density at radius 3 is 2.75 bits per heavy atom. The molecular weight excluding hydrogens is 276 g/mol. The standard InChI is InChI=1S/C15H13ClN2O2/c1-18-14-8-12(5-6-13(14)17-15(18)9-19)20-11-4-2-3-10(16)7-11/h2-8,19H,9H2,1H3. The highest BCUT2D eigenvalue weighted by Crippen LogP contribution is 2.27. The summed E-state index contributed by atoms with van der Waals surface area (Å²) in [6.45, 7) is -0.0876. The van der Waals surface area contributed by atoms with E-state index in [4.69, 9.17) is 16.3 Å². The molecular formula is C15H13ClN2O2. The first-order valence-corrected chi connectivity index (χ1v) is 6.55. The summed E-state index contributed by atoms with van der Waals surface area (Å²) >= 11 is 5.93. The zero-order valence-electron chi connectivity index (χ0n) is 10.9. The fraction of sp³-hybridized carbons (Fsp3) is 0.133. The van der Waals surface area contributed by atoms with E-state index in [9.17, 15) is 5.11 Å². The van der Waals surface area contributed by atoms with Crippen molar-refractivity contribution in [2.75, 3.05) is 0 Å². The summed E-state index contributed by atoms with van der Waals surface area (Å²) in [6.07, 6.45) is 0. The molecule has 0 spiro atoms. The lowest BCUT2D eigenvalue weighted by atomic mass is 10.3. The van der Waals surface area contributed by atoms with Crippen LogP contribution in [-0.4, -0.2) is 14.7 Å². The Balaban J connectivity index is 1.98. The molecule has 0 aliphatic rings. The highest BCUT2D eigenvalue weighted by molar-refractivity contribution is 6.30. The average molecular weight is 289 g/mol. The Hall–Kier alpha value is -2.04. The van der Waals surface area contributed by atoms with E-state index < -0.39 is 0 Å². The molecule has 0 radical (unpaired) electrons. The summed E-state index contributed by atoms with van der Waals surface area (Å²) in [4.78, 5) is 4.33. The molecule has 0 unspecified atom stereocenters. The molecule has 0 saturated heterocycles. The number of ether oxygens (including phenoxy) is 1. The highest BCUT2D eigenvalue weighted by atomic mass is 35.5. The molecule has 4 nitrogen and oxygen atoms in total. The minimum Gasteiger partial charge on any atom is -0.457 e. The van der Waals surface area contributed by atoms with E-state index in [1.54, 1.807) is 12.1 Å². The van der Waals surface area contributed by atoms with E-state index >= 15 is 0 Å². The Bertz CT molecular complexity index is 768. The monoisotopic (exact) mass is 288 g/mol. The number of rotatable bonds is 3. The van der Waals surface area contributed by atoms with Gasteiger partial charge in [0.15, 0.2) is 0 Å². The van der Waals surface area contributed by atoms with Crippen LogP contribution in [0.2, 0.25) is 5.02 Å². The molecule has 102 valence electrons. The van der Waals surface area contributed by atoms with Gasteiger partial charge in [0.2, 0.25) is 0 Å². The third-order valence-electron chi connectivity index (χ3n) is 3.12. The number of fused-ring (bicyclic) bond motifs is 1. The van der Waals surface area contributed by atoms with Gasteiger partial charge in [0.05, 0.1) is 11.0 Å². The van der Waals surface area contributed by atoms with Gasteiger partial charge in [0, 0.05) is 18.1 Å². The Kier molecular flexibility index (Phi) is 3.34. The quantitative estimate of drug-likeness (QED) is 0.802. The molecule has 3 rings (SSSR count). The van der Waals surface area contributed by atoms with Gasteiger partial charge in [-0.2, -0.15) is 0 Å². The van der Waals surface area contributed by atoms with Crippen LogP contribution in [-0.2, 0) is 13.7 Å². The largest absolute Gasteiger partial charge is 0.457 e. The zero-order valence-corrected chi connectivity index (χ0v) is 11.6. The molecule has 0 fully saturated rings. The second kappa shape index (κ2) is 5.15. The molecule has 2 aromatic carbocycles.